The molecule has 0 saturated carbocycles. The lowest BCUT2D eigenvalue weighted by atomic mass is 9.92. The Kier molecular flexibility index (Phi) is 3.66. The Bertz CT molecular complexity index is 843. The van der Waals surface area contributed by atoms with Crippen molar-refractivity contribution in [2.24, 2.45) is 0 Å². The zero-order valence-electron chi connectivity index (χ0n) is 12.4. The predicted molar refractivity (Wildman–Crippen MR) is 91.8 cm³/mol. The van der Waals surface area contributed by atoms with E-state index in [0.717, 1.165) is 37.9 Å². The third kappa shape index (κ3) is 2.46. The number of amides is 1. The van der Waals surface area contributed by atoms with Gasteiger partial charge in [0, 0.05) is 18.6 Å². The molecule has 1 unspecified atom stereocenters. The summed E-state index contributed by atoms with van der Waals surface area (Å²) in [5, 5.41) is 10.2. The summed E-state index contributed by atoms with van der Waals surface area (Å²) in [5.41, 5.74) is 3.90. The monoisotopic (exact) mass is 342 g/mol. The average molecular weight is 342 g/mol. The van der Waals surface area contributed by atoms with E-state index in [-0.39, 0.29) is 11.9 Å². The Morgan fingerprint density at radius 1 is 1.35 bits per heavy atom. The van der Waals surface area contributed by atoms with Crippen molar-refractivity contribution < 1.29 is 4.79 Å². The van der Waals surface area contributed by atoms with Crippen LogP contribution in [-0.2, 0) is 6.42 Å². The lowest BCUT2D eigenvalue weighted by molar-refractivity contribution is 0.0923. The summed E-state index contributed by atoms with van der Waals surface area (Å²) in [7, 11) is 0. The van der Waals surface area contributed by atoms with Crippen molar-refractivity contribution in [3.63, 3.8) is 0 Å². The summed E-state index contributed by atoms with van der Waals surface area (Å²) in [6.07, 6.45) is 8.06. The summed E-state index contributed by atoms with van der Waals surface area (Å²) in [4.78, 5) is 17.9. The second kappa shape index (κ2) is 5.82. The van der Waals surface area contributed by atoms with Gasteiger partial charge in [-0.15, -0.1) is 23.1 Å². The highest BCUT2D eigenvalue weighted by molar-refractivity contribution is 8.00. The minimum absolute atomic E-state index is 0.00790. The van der Waals surface area contributed by atoms with Crippen LogP contribution in [0.4, 0.5) is 0 Å². The van der Waals surface area contributed by atoms with Gasteiger partial charge in [0.05, 0.1) is 26.4 Å². The highest BCUT2D eigenvalue weighted by atomic mass is 32.2. The minimum atomic E-state index is -0.0466. The van der Waals surface area contributed by atoms with E-state index in [1.165, 1.54) is 0 Å². The van der Waals surface area contributed by atoms with E-state index in [9.17, 15) is 4.79 Å². The van der Waals surface area contributed by atoms with Gasteiger partial charge in [-0.3, -0.25) is 14.9 Å². The number of rotatable bonds is 3. The smallest absolute Gasteiger partial charge is 0.254 e. The zero-order valence-corrected chi connectivity index (χ0v) is 14.0. The number of hydrogen-bond acceptors (Lipinski definition) is 5. The molecule has 4 rings (SSSR count). The molecule has 5 nitrogen and oxygen atoms in total. The Hall–Kier alpha value is -2.12. The number of hydrogen-bond donors (Lipinski definition) is 2. The van der Waals surface area contributed by atoms with Gasteiger partial charge >= 0.3 is 0 Å². The average Bonchev–Trinajstić information content (AvgIpc) is 3.22. The van der Waals surface area contributed by atoms with E-state index in [0.29, 0.717) is 0 Å². The zero-order chi connectivity index (χ0) is 15.8. The Labute approximate surface area is 141 Å². The third-order valence-electron chi connectivity index (χ3n) is 3.93. The standard InChI is InChI=1S/C16H14N4OS2/c1-22-16-13-10(14(23-16)11-4-6-18-20-11)7-12(19-15(13)21)9-3-2-5-17-8-9/h2-6,8,12H,7H2,1H3,(H,18,20)(H,19,21). The van der Waals surface area contributed by atoms with Crippen molar-refractivity contribution in [2.45, 2.75) is 16.7 Å². The molecule has 116 valence electrons. The first kappa shape index (κ1) is 14.5. The molecule has 3 aromatic rings. The molecule has 4 heterocycles. The van der Waals surface area contributed by atoms with E-state index in [2.05, 4.69) is 20.5 Å². The molecule has 3 aromatic heterocycles. The Morgan fingerprint density at radius 3 is 2.96 bits per heavy atom. The third-order valence-corrected chi connectivity index (χ3v) is 6.32. The van der Waals surface area contributed by atoms with Crippen LogP contribution in [-0.4, -0.2) is 27.3 Å². The molecule has 0 fully saturated rings. The Morgan fingerprint density at radius 2 is 2.26 bits per heavy atom. The van der Waals surface area contributed by atoms with Gasteiger partial charge in [-0.1, -0.05) is 6.07 Å². The summed E-state index contributed by atoms with van der Waals surface area (Å²) in [6.45, 7) is 0. The normalized spacial score (nSPS) is 16.9. The first-order chi connectivity index (χ1) is 11.3. The van der Waals surface area contributed by atoms with E-state index < -0.39 is 0 Å². The molecule has 2 N–H and O–H groups in total. The van der Waals surface area contributed by atoms with Crippen LogP contribution in [0.25, 0.3) is 10.6 Å². The minimum Gasteiger partial charge on any atom is -0.345 e. The van der Waals surface area contributed by atoms with Crippen LogP contribution in [0.2, 0.25) is 0 Å². The summed E-state index contributed by atoms with van der Waals surface area (Å²) in [5.74, 6) is -0.00790. The van der Waals surface area contributed by atoms with Crippen LogP contribution in [0.5, 0.6) is 0 Å². The van der Waals surface area contributed by atoms with Gasteiger partial charge in [-0.25, -0.2) is 0 Å². The number of pyridine rings is 1. The number of aromatic amines is 1. The van der Waals surface area contributed by atoms with Crippen LogP contribution < -0.4 is 5.32 Å². The number of carbonyl (C=O) groups is 1. The van der Waals surface area contributed by atoms with E-state index in [1.54, 1.807) is 35.5 Å². The number of H-pyrrole nitrogens is 1. The van der Waals surface area contributed by atoms with Crippen molar-refractivity contribution in [3.05, 3.63) is 53.5 Å². The lowest BCUT2D eigenvalue weighted by Crippen LogP contribution is -2.35. The molecule has 1 aliphatic heterocycles. The molecule has 0 saturated heterocycles. The van der Waals surface area contributed by atoms with Crippen molar-refractivity contribution in [1.82, 2.24) is 20.5 Å². The fraction of sp³-hybridized carbons (Fsp3) is 0.188. The fourth-order valence-corrected chi connectivity index (χ4v) is 4.92. The number of nitrogens with one attached hydrogen (secondary N) is 2. The first-order valence-corrected chi connectivity index (χ1v) is 9.22. The Balaban J connectivity index is 1.82. The van der Waals surface area contributed by atoms with Crippen molar-refractivity contribution in [3.8, 4) is 10.6 Å². The van der Waals surface area contributed by atoms with Crippen LogP contribution in [0.3, 0.4) is 0 Å². The quantitative estimate of drug-likeness (QED) is 0.717. The molecular weight excluding hydrogens is 328 g/mol. The fourth-order valence-electron chi connectivity index (χ4n) is 2.88. The second-order valence-electron chi connectivity index (χ2n) is 5.26. The van der Waals surface area contributed by atoms with E-state index in [4.69, 9.17) is 0 Å². The van der Waals surface area contributed by atoms with Gasteiger partial charge in [-0.05, 0) is 35.9 Å². The molecule has 7 heteroatoms. The van der Waals surface area contributed by atoms with Crippen molar-refractivity contribution in [1.29, 1.82) is 0 Å². The van der Waals surface area contributed by atoms with Gasteiger partial charge < -0.3 is 5.32 Å². The molecule has 0 aliphatic carbocycles. The summed E-state index contributed by atoms with van der Waals surface area (Å²) < 4.78 is 1.05. The maximum atomic E-state index is 12.7. The number of thiophene rings is 1. The predicted octanol–water partition coefficient (Wildman–Crippen LogP) is 3.28. The van der Waals surface area contributed by atoms with Crippen LogP contribution >= 0.6 is 23.1 Å². The lowest BCUT2D eigenvalue weighted by Gasteiger charge is -2.25. The van der Waals surface area contributed by atoms with E-state index >= 15 is 0 Å². The molecule has 0 bridgehead atoms. The first-order valence-electron chi connectivity index (χ1n) is 7.18. The molecule has 1 aliphatic rings. The van der Waals surface area contributed by atoms with Crippen LogP contribution in [0.15, 0.2) is 41.0 Å². The topological polar surface area (TPSA) is 70.7 Å². The highest BCUT2D eigenvalue weighted by Gasteiger charge is 2.32. The molecule has 1 atom stereocenters. The number of thioether (sulfide) groups is 1. The second-order valence-corrected chi connectivity index (χ2v) is 7.36. The molecule has 0 aromatic carbocycles. The van der Waals surface area contributed by atoms with Gasteiger partial charge in [0.25, 0.3) is 5.91 Å². The van der Waals surface area contributed by atoms with Gasteiger partial charge in [0.2, 0.25) is 0 Å². The van der Waals surface area contributed by atoms with Crippen molar-refractivity contribution in [2.75, 3.05) is 6.26 Å². The SMILES string of the molecule is CSc1sc(-c2ccn[nH]2)c2c1C(=O)NC(c1cccnc1)C2. The van der Waals surface area contributed by atoms with Gasteiger partial charge in [0.15, 0.2) is 0 Å². The molecule has 0 spiro atoms. The van der Waals surface area contributed by atoms with E-state index in [1.807, 2.05) is 30.7 Å². The van der Waals surface area contributed by atoms with Crippen LogP contribution in [0, 0.1) is 0 Å². The molecule has 1 amide bonds. The van der Waals surface area contributed by atoms with Gasteiger partial charge in [0.1, 0.15) is 0 Å². The number of nitrogens with zero attached hydrogens (tertiary/aromatic N) is 2. The molecule has 0 radical (unpaired) electrons. The number of aromatic nitrogens is 3. The van der Waals surface area contributed by atoms with Gasteiger partial charge in [-0.2, -0.15) is 5.10 Å². The molecule has 23 heavy (non-hydrogen) atoms. The van der Waals surface area contributed by atoms with Crippen molar-refractivity contribution >= 4 is 29.0 Å². The van der Waals surface area contributed by atoms with Crippen LogP contribution in [0.1, 0.15) is 27.5 Å². The summed E-state index contributed by atoms with van der Waals surface area (Å²) >= 11 is 3.26. The highest BCUT2D eigenvalue weighted by Crippen LogP contribution is 2.44. The maximum Gasteiger partial charge on any atom is 0.254 e. The number of carbonyl (C=O) groups excluding carboxylic acids is 1. The summed E-state index contributed by atoms with van der Waals surface area (Å²) in [6, 6.07) is 5.80. The largest absolute Gasteiger partial charge is 0.345 e. The maximum absolute atomic E-state index is 12.7. The molecular formula is C16H14N4OS2. The number of fused-ring (bicyclic) bond motifs is 1.